The minimum atomic E-state index is -0.257. The molecule has 5 nitrogen and oxygen atoms in total. The average Bonchev–Trinajstić information content (AvgIpc) is 3.25. The molecule has 1 aliphatic rings. The minimum absolute atomic E-state index is 0.167. The van der Waals surface area contributed by atoms with E-state index in [1.807, 2.05) is 42.5 Å². The molecule has 0 aromatic heterocycles. The highest BCUT2D eigenvalue weighted by Crippen LogP contribution is 2.25. The highest BCUT2D eigenvalue weighted by Gasteiger charge is 2.15. The van der Waals surface area contributed by atoms with Gasteiger partial charge in [0.2, 0.25) is 0 Å². The first-order valence-electron chi connectivity index (χ1n) is 10.1. The van der Waals surface area contributed by atoms with E-state index in [1.165, 1.54) is 17.5 Å². The zero-order valence-corrected chi connectivity index (χ0v) is 16.7. The average molecular weight is 400 g/mol. The summed E-state index contributed by atoms with van der Waals surface area (Å²) in [4.78, 5) is 24.9. The van der Waals surface area contributed by atoms with Gasteiger partial charge in [0, 0.05) is 12.2 Å². The molecule has 3 aromatic rings. The molecular weight excluding hydrogens is 376 g/mol. The van der Waals surface area contributed by atoms with Crippen molar-refractivity contribution < 1.29 is 14.3 Å². The Morgan fingerprint density at radius 1 is 0.867 bits per heavy atom. The van der Waals surface area contributed by atoms with E-state index in [9.17, 15) is 9.59 Å². The molecule has 2 N–H and O–H groups in total. The van der Waals surface area contributed by atoms with Crippen molar-refractivity contribution in [1.29, 1.82) is 0 Å². The van der Waals surface area contributed by atoms with Gasteiger partial charge in [-0.15, -0.1) is 0 Å². The van der Waals surface area contributed by atoms with Crippen LogP contribution in [0.5, 0.6) is 5.75 Å². The van der Waals surface area contributed by atoms with Crippen LogP contribution in [0, 0.1) is 0 Å². The molecule has 0 bridgehead atoms. The van der Waals surface area contributed by atoms with Crippen LogP contribution in [0.15, 0.2) is 72.8 Å². The Hall–Kier alpha value is -3.60. The van der Waals surface area contributed by atoms with Crippen LogP contribution in [0.25, 0.3) is 0 Å². The Labute approximate surface area is 176 Å². The van der Waals surface area contributed by atoms with Crippen LogP contribution in [0.1, 0.15) is 33.5 Å². The summed E-state index contributed by atoms with van der Waals surface area (Å²) in [5, 5.41) is 5.76. The molecule has 4 rings (SSSR count). The number of hydrogen-bond acceptors (Lipinski definition) is 3. The van der Waals surface area contributed by atoms with Gasteiger partial charge in [0.05, 0.1) is 5.56 Å². The van der Waals surface area contributed by atoms with E-state index in [0.29, 0.717) is 17.9 Å². The third-order valence-electron chi connectivity index (χ3n) is 5.17. The van der Waals surface area contributed by atoms with Crippen molar-refractivity contribution in [1.82, 2.24) is 5.32 Å². The first-order chi connectivity index (χ1) is 14.7. The summed E-state index contributed by atoms with van der Waals surface area (Å²) in [5.41, 5.74) is 4.85. The molecule has 2 amide bonds. The lowest BCUT2D eigenvalue weighted by Gasteiger charge is -2.12. The van der Waals surface area contributed by atoms with Crippen LogP contribution in [0.3, 0.4) is 0 Å². The van der Waals surface area contributed by atoms with E-state index in [0.717, 1.165) is 24.1 Å². The van der Waals surface area contributed by atoms with Crippen molar-refractivity contribution in [3.05, 3.63) is 95.1 Å². The first-order valence-corrected chi connectivity index (χ1v) is 10.1. The summed E-state index contributed by atoms with van der Waals surface area (Å²) in [7, 11) is 0. The highest BCUT2D eigenvalue weighted by atomic mass is 16.5. The molecule has 0 fully saturated rings. The zero-order valence-electron chi connectivity index (χ0n) is 16.7. The van der Waals surface area contributed by atoms with Crippen molar-refractivity contribution >= 4 is 17.5 Å². The van der Waals surface area contributed by atoms with E-state index in [4.69, 9.17) is 4.74 Å². The monoisotopic (exact) mass is 400 g/mol. The van der Waals surface area contributed by atoms with Gasteiger partial charge in [0.25, 0.3) is 11.8 Å². The predicted octanol–water partition coefficient (Wildman–Crippen LogP) is 4.12. The second-order valence-electron chi connectivity index (χ2n) is 7.34. The van der Waals surface area contributed by atoms with Gasteiger partial charge in [0.1, 0.15) is 5.75 Å². The highest BCUT2D eigenvalue weighted by molar-refractivity contribution is 5.97. The second-order valence-corrected chi connectivity index (χ2v) is 7.34. The number of carbonyl (C=O) groups is 2. The van der Waals surface area contributed by atoms with E-state index >= 15 is 0 Å². The number of hydrogen-bond donors (Lipinski definition) is 2. The lowest BCUT2D eigenvalue weighted by Crippen LogP contribution is -2.25. The van der Waals surface area contributed by atoms with Crippen LogP contribution in [0.4, 0.5) is 5.69 Å². The molecule has 0 atom stereocenters. The van der Waals surface area contributed by atoms with Crippen molar-refractivity contribution in [3.8, 4) is 5.75 Å². The molecule has 5 heteroatoms. The molecule has 0 heterocycles. The van der Waals surface area contributed by atoms with Gasteiger partial charge in [-0.25, -0.2) is 0 Å². The molecule has 3 aromatic carbocycles. The third-order valence-corrected chi connectivity index (χ3v) is 5.17. The predicted molar refractivity (Wildman–Crippen MR) is 117 cm³/mol. The number of ether oxygens (including phenoxy) is 1. The smallest absolute Gasteiger partial charge is 0.262 e. The molecule has 0 unspecified atom stereocenters. The molecule has 0 radical (unpaired) electrons. The van der Waals surface area contributed by atoms with Crippen molar-refractivity contribution in [2.75, 3.05) is 11.9 Å². The van der Waals surface area contributed by atoms with Crippen LogP contribution in [-0.2, 0) is 24.2 Å². The minimum Gasteiger partial charge on any atom is -0.483 e. The zero-order chi connectivity index (χ0) is 20.8. The van der Waals surface area contributed by atoms with Gasteiger partial charge in [-0.3, -0.25) is 9.59 Å². The molecule has 152 valence electrons. The number of nitrogens with one attached hydrogen (secondary N) is 2. The van der Waals surface area contributed by atoms with Gasteiger partial charge in [-0.05, 0) is 60.2 Å². The normalized spacial score (nSPS) is 12.1. The van der Waals surface area contributed by atoms with Gasteiger partial charge >= 0.3 is 0 Å². The van der Waals surface area contributed by atoms with E-state index < -0.39 is 0 Å². The van der Waals surface area contributed by atoms with E-state index in [2.05, 4.69) is 16.7 Å². The van der Waals surface area contributed by atoms with Crippen LogP contribution >= 0.6 is 0 Å². The number of benzene rings is 3. The second kappa shape index (κ2) is 9.27. The number of anilines is 1. The lowest BCUT2D eigenvalue weighted by molar-refractivity contribution is -0.118. The summed E-state index contributed by atoms with van der Waals surface area (Å²) in [6.45, 7) is 0.257. The van der Waals surface area contributed by atoms with E-state index in [-0.39, 0.29) is 18.4 Å². The Balaban J connectivity index is 1.34. The third kappa shape index (κ3) is 4.87. The number of para-hydroxylation sites is 1. The number of fused-ring (bicyclic) bond motifs is 1. The molecule has 1 aliphatic carbocycles. The fraction of sp³-hybridized carbons (Fsp3) is 0.200. The summed E-state index contributed by atoms with van der Waals surface area (Å²) in [6, 6.07) is 22.7. The Morgan fingerprint density at radius 2 is 1.63 bits per heavy atom. The molecule has 0 spiro atoms. The lowest BCUT2D eigenvalue weighted by atomic mass is 10.1. The van der Waals surface area contributed by atoms with Crippen molar-refractivity contribution in [2.45, 2.75) is 25.8 Å². The number of aryl methyl sites for hydroxylation is 2. The number of rotatable bonds is 7. The molecule has 0 aliphatic heterocycles. The first kappa shape index (κ1) is 19.7. The maximum atomic E-state index is 12.6. The molecule has 0 saturated carbocycles. The topological polar surface area (TPSA) is 67.4 Å². The van der Waals surface area contributed by atoms with Crippen molar-refractivity contribution in [2.24, 2.45) is 0 Å². The standard InChI is InChI=1S/C25H24N2O3/c28-24(27-21-14-13-19-9-6-10-20(19)15-21)17-30-23-12-5-4-11-22(23)25(29)26-16-18-7-2-1-3-8-18/h1-5,7-8,11-15H,6,9-10,16-17H2,(H,26,29)(H,27,28). The summed E-state index contributed by atoms with van der Waals surface area (Å²) in [6.07, 6.45) is 3.33. The number of carbonyl (C=O) groups excluding carboxylic acids is 2. The van der Waals surface area contributed by atoms with Crippen LogP contribution < -0.4 is 15.4 Å². The van der Waals surface area contributed by atoms with Gasteiger partial charge in [0.15, 0.2) is 6.61 Å². The molecular formula is C25H24N2O3. The van der Waals surface area contributed by atoms with Gasteiger partial charge in [-0.2, -0.15) is 0 Å². The Kier molecular flexibility index (Phi) is 6.09. The largest absolute Gasteiger partial charge is 0.483 e. The quantitative estimate of drug-likeness (QED) is 0.627. The Morgan fingerprint density at radius 3 is 2.50 bits per heavy atom. The summed E-state index contributed by atoms with van der Waals surface area (Å²) >= 11 is 0. The van der Waals surface area contributed by atoms with Gasteiger partial charge < -0.3 is 15.4 Å². The van der Waals surface area contributed by atoms with E-state index in [1.54, 1.807) is 24.3 Å². The maximum absolute atomic E-state index is 12.6. The summed E-state index contributed by atoms with van der Waals surface area (Å²) < 4.78 is 5.66. The van der Waals surface area contributed by atoms with Crippen molar-refractivity contribution in [3.63, 3.8) is 0 Å². The maximum Gasteiger partial charge on any atom is 0.262 e. The number of amides is 2. The van der Waals surface area contributed by atoms with Crippen LogP contribution in [-0.4, -0.2) is 18.4 Å². The Bertz CT molecular complexity index is 1050. The SMILES string of the molecule is O=C(COc1ccccc1C(=O)NCc1ccccc1)Nc1ccc2c(c1)CCC2. The molecule has 30 heavy (non-hydrogen) atoms. The van der Waals surface area contributed by atoms with Gasteiger partial charge in [-0.1, -0.05) is 48.5 Å². The summed E-state index contributed by atoms with van der Waals surface area (Å²) in [5.74, 6) is -0.118. The fourth-order valence-corrected chi connectivity index (χ4v) is 3.64. The fourth-order valence-electron chi connectivity index (χ4n) is 3.64. The van der Waals surface area contributed by atoms with Crippen LogP contribution in [0.2, 0.25) is 0 Å². The molecule has 0 saturated heterocycles.